The van der Waals surface area contributed by atoms with Crippen molar-refractivity contribution < 1.29 is 40.7 Å². The molecule has 0 unspecified atom stereocenters. The molecule has 2 N–H and O–H groups in total. The van der Waals surface area contributed by atoms with E-state index in [9.17, 15) is 35.9 Å². The smallest absolute Gasteiger partial charge is 0.405 e. The second kappa shape index (κ2) is 12.7. The number of carbonyl (C=O) groups is 2. The zero-order valence-electron chi connectivity index (χ0n) is 25.0. The highest BCUT2D eigenvalue weighted by Gasteiger charge is 2.48. The van der Waals surface area contributed by atoms with Crippen molar-refractivity contribution in [3.05, 3.63) is 125 Å². The minimum absolute atomic E-state index is 0.190. The molecule has 1 atom stereocenters. The van der Waals surface area contributed by atoms with Gasteiger partial charge in [-0.25, -0.2) is 9.97 Å². The van der Waals surface area contributed by atoms with Crippen molar-refractivity contribution in [2.75, 3.05) is 0 Å². The summed E-state index contributed by atoms with van der Waals surface area (Å²) in [6, 6.07) is 20.5. The number of aromatic nitrogens is 3. The summed E-state index contributed by atoms with van der Waals surface area (Å²) in [5, 5.41) is 5.01. The van der Waals surface area contributed by atoms with Crippen LogP contribution in [0.4, 0.5) is 26.3 Å². The van der Waals surface area contributed by atoms with Gasteiger partial charge < -0.3 is 19.9 Å². The molecule has 1 saturated carbocycles. The van der Waals surface area contributed by atoms with Gasteiger partial charge in [-0.3, -0.25) is 9.59 Å². The Balaban J connectivity index is 1.32. The molecule has 14 heteroatoms. The third kappa shape index (κ3) is 6.82. The first-order chi connectivity index (χ1) is 22.9. The van der Waals surface area contributed by atoms with Gasteiger partial charge >= 0.3 is 12.5 Å². The summed E-state index contributed by atoms with van der Waals surface area (Å²) in [4.78, 5) is 36.3. The molecule has 2 heterocycles. The number of hydrogen-bond acceptors (Lipinski definition) is 5. The molecule has 2 amide bonds. The van der Waals surface area contributed by atoms with E-state index in [-0.39, 0.29) is 12.1 Å². The van der Waals surface area contributed by atoms with E-state index in [0.29, 0.717) is 17.0 Å². The van der Waals surface area contributed by atoms with Crippen LogP contribution in [0, 0.1) is 0 Å². The molecule has 0 aliphatic heterocycles. The van der Waals surface area contributed by atoms with Gasteiger partial charge in [-0.2, -0.15) is 13.2 Å². The molecule has 48 heavy (non-hydrogen) atoms. The number of amides is 2. The Morgan fingerprint density at radius 2 is 1.56 bits per heavy atom. The van der Waals surface area contributed by atoms with Gasteiger partial charge in [0.25, 0.3) is 5.91 Å². The summed E-state index contributed by atoms with van der Waals surface area (Å²) in [6.45, 7) is -0.190. The fourth-order valence-corrected chi connectivity index (χ4v) is 5.83. The number of ether oxygens (including phenoxy) is 1. The van der Waals surface area contributed by atoms with Gasteiger partial charge in [-0.1, -0.05) is 60.7 Å². The Labute approximate surface area is 269 Å². The number of imidazole rings is 1. The summed E-state index contributed by atoms with van der Waals surface area (Å²) >= 11 is 0. The van der Waals surface area contributed by atoms with Crippen LogP contribution in [0.5, 0.6) is 5.75 Å². The van der Waals surface area contributed by atoms with Crippen LogP contribution in [0.15, 0.2) is 97.2 Å². The Hall–Kier alpha value is -5.40. The molecule has 1 aliphatic carbocycles. The number of alkyl halides is 6. The molecule has 1 aliphatic rings. The Bertz CT molecular complexity index is 1950. The predicted molar refractivity (Wildman–Crippen MR) is 162 cm³/mol. The highest BCUT2D eigenvalue weighted by Crippen LogP contribution is 2.51. The standard InChI is InChI=1S/C34H27F6N5O3/c35-33(36,37)24-13-6-4-9-21(24)19-26(44-30(46)23-12-5-7-15-27(23)48-34(38,39)40)31(47)42-20-28-43-25-14-8-18-41-29(25)45(28)32(16-17-32)22-10-2-1-3-11-22/h1-15,18,26H,16-17,19-20H2,(H,42,47)(H,44,46)/t26-/m1/s1. The second-order valence-electron chi connectivity index (χ2n) is 11.3. The first-order valence-electron chi connectivity index (χ1n) is 14.8. The second-order valence-corrected chi connectivity index (χ2v) is 11.3. The van der Waals surface area contributed by atoms with E-state index in [2.05, 4.69) is 25.3 Å². The molecule has 8 nitrogen and oxygen atoms in total. The number of hydrogen-bond donors (Lipinski definition) is 2. The van der Waals surface area contributed by atoms with Crippen molar-refractivity contribution in [3.8, 4) is 5.75 Å². The summed E-state index contributed by atoms with van der Waals surface area (Å²) < 4.78 is 86.7. The number of fused-ring (bicyclic) bond motifs is 1. The van der Waals surface area contributed by atoms with Gasteiger partial charge in [0.15, 0.2) is 5.65 Å². The number of nitrogens with zero attached hydrogens (tertiary/aromatic N) is 3. The molecule has 1 fully saturated rings. The number of para-hydroxylation sites is 1. The molecule has 6 rings (SSSR count). The van der Waals surface area contributed by atoms with Gasteiger partial charge in [0.1, 0.15) is 23.1 Å². The van der Waals surface area contributed by atoms with Crippen LogP contribution in [0.3, 0.4) is 0 Å². The van der Waals surface area contributed by atoms with Crippen LogP contribution >= 0.6 is 0 Å². The van der Waals surface area contributed by atoms with Crippen LogP contribution in [0.2, 0.25) is 0 Å². The molecule has 3 aromatic carbocycles. The molecule has 0 saturated heterocycles. The third-order valence-corrected chi connectivity index (χ3v) is 8.10. The number of nitrogens with one attached hydrogen (secondary N) is 2. The molecule has 0 bridgehead atoms. The molecule has 2 aromatic heterocycles. The van der Waals surface area contributed by atoms with Crippen molar-refractivity contribution in [1.29, 1.82) is 0 Å². The average molecular weight is 668 g/mol. The van der Waals surface area contributed by atoms with Gasteiger partial charge in [-0.05, 0) is 54.3 Å². The van der Waals surface area contributed by atoms with E-state index in [0.717, 1.165) is 42.7 Å². The lowest BCUT2D eigenvalue weighted by Crippen LogP contribution is -2.48. The minimum atomic E-state index is -5.13. The normalized spacial score (nSPS) is 14.7. The maximum atomic E-state index is 13.9. The molecule has 248 valence electrons. The Morgan fingerprint density at radius 3 is 2.27 bits per heavy atom. The predicted octanol–water partition coefficient (Wildman–Crippen LogP) is 6.54. The van der Waals surface area contributed by atoms with Crippen molar-refractivity contribution >= 4 is 23.0 Å². The zero-order chi connectivity index (χ0) is 34.1. The van der Waals surface area contributed by atoms with E-state index in [1.165, 1.54) is 24.3 Å². The third-order valence-electron chi connectivity index (χ3n) is 8.10. The van der Waals surface area contributed by atoms with E-state index in [4.69, 9.17) is 0 Å². The summed E-state index contributed by atoms with van der Waals surface area (Å²) in [7, 11) is 0. The average Bonchev–Trinajstić information content (AvgIpc) is 3.76. The molecule has 0 radical (unpaired) electrons. The van der Waals surface area contributed by atoms with Crippen LogP contribution in [-0.2, 0) is 29.5 Å². The van der Waals surface area contributed by atoms with E-state index < -0.39 is 59.2 Å². The van der Waals surface area contributed by atoms with Gasteiger partial charge in [0.05, 0.1) is 23.2 Å². The fourth-order valence-electron chi connectivity index (χ4n) is 5.83. The maximum absolute atomic E-state index is 13.9. The molecular weight excluding hydrogens is 640 g/mol. The SMILES string of the molecule is O=C(N[C@H](Cc1ccccc1C(F)(F)F)C(=O)NCc1nc2cccnc2n1C1(c2ccccc2)CC1)c1ccccc1OC(F)(F)F. The topological polar surface area (TPSA) is 98.1 Å². The van der Waals surface area contributed by atoms with Crippen molar-refractivity contribution in [3.63, 3.8) is 0 Å². The van der Waals surface area contributed by atoms with Gasteiger partial charge in [0.2, 0.25) is 5.91 Å². The number of pyridine rings is 1. The van der Waals surface area contributed by atoms with Crippen molar-refractivity contribution in [1.82, 2.24) is 25.2 Å². The maximum Gasteiger partial charge on any atom is 0.573 e. The number of carbonyl (C=O) groups excluding carboxylic acids is 2. The van der Waals surface area contributed by atoms with Crippen LogP contribution in [-0.4, -0.2) is 38.8 Å². The van der Waals surface area contributed by atoms with Gasteiger partial charge in [-0.15, -0.1) is 13.2 Å². The van der Waals surface area contributed by atoms with E-state index >= 15 is 0 Å². The molecule has 0 spiro atoms. The first kappa shape index (κ1) is 32.5. The quantitative estimate of drug-likeness (QED) is 0.165. The highest BCUT2D eigenvalue weighted by molar-refractivity contribution is 5.99. The van der Waals surface area contributed by atoms with Gasteiger partial charge in [0, 0.05) is 12.6 Å². The number of rotatable bonds is 10. The Morgan fingerprint density at radius 1 is 0.875 bits per heavy atom. The van der Waals surface area contributed by atoms with E-state index in [1.807, 2.05) is 34.9 Å². The van der Waals surface area contributed by atoms with Crippen LogP contribution in [0.1, 0.15) is 45.7 Å². The summed E-state index contributed by atoms with van der Waals surface area (Å²) in [5.41, 5.74) is -0.222. The Kier molecular flexibility index (Phi) is 8.58. The van der Waals surface area contributed by atoms with Crippen LogP contribution < -0.4 is 15.4 Å². The zero-order valence-corrected chi connectivity index (χ0v) is 25.0. The monoisotopic (exact) mass is 667 g/mol. The lowest BCUT2D eigenvalue weighted by molar-refractivity contribution is -0.274. The molecule has 5 aromatic rings. The number of benzene rings is 3. The summed E-state index contributed by atoms with van der Waals surface area (Å²) in [6.07, 6.45) is -7.37. The highest BCUT2D eigenvalue weighted by atomic mass is 19.4. The lowest BCUT2D eigenvalue weighted by atomic mass is 9.98. The summed E-state index contributed by atoms with van der Waals surface area (Å²) in [5.74, 6) is -2.46. The number of halogens is 6. The van der Waals surface area contributed by atoms with Crippen molar-refractivity contribution in [2.24, 2.45) is 0 Å². The van der Waals surface area contributed by atoms with Crippen molar-refractivity contribution in [2.45, 2.75) is 49.9 Å². The largest absolute Gasteiger partial charge is 0.573 e. The fraction of sp³-hybridized carbons (Fsp3) is 0.235. The first-order valence-corrected chi connectivity index (χ1v) is 14.8. The van der Waals surface area contributed by atoms with E-state index in [1.54, 1.807) is 18.3 Å². The lowest BCUT2D eigenvalue weighted by Gasteiger charge is -2.23. The molecular formula is C34H27F6N5O3. The minimum Gasteiger partial charge on any atom is -0.405 e. The van der Waals surface area contributed by atoms with Crippen LogP contribution in [0.25, 0.3) is 11.2 Å².